The molecule has 0 aliphatic rings. The Balaban J connectivity index is 2.43. The Hall–Kier alpha value is -2.49. The molecule has 0 N–H and O–H groups in total. The fourth-order valence-electron chi connectivity index (χ4n) is 2.10. The quantitative estimate of drug-likeness (QED) is 0.396. The van der Waals surface area contributed by atoms with E-state index in [0.29, 0.717) is 17.1 Å². The van der Waals surface area contributed by atoms with Crippen LogP contribution in [-0.4, -0.2) is 42.5 Å². The number of hydrogen-bond acceptors (Lipinski definition) is 7. The predicted molar refractivity (Wildman–Crippen MR) is 92.9 cm³/mol. The fourth-order valence-corrected chi connectivity index (χ4v) is 2.76. The zero-order chi connectivity index (χ0) is 20.0. The number of thioether (sulfide) groups is 1. The molecule has 0 radical (unpaired) electrons. The van der Waals surface area contributed by atoms with Gasteiger partial charge in [-0.3, -0.25) is 4.79 Å². The van der Waals surface area contributed by atoms with Gasteiger partial charge in [0.2, 0.25) is 0 Å². The van der Waals surface area contributed by atoms with Crippen molar-refractivity contribution in [3.63, 3.8) is 0 Å². The number of ether oxygens (including phenoxy) is 3. The summed E-state index contributed by atoms with van der Waals surface area (Å²) in [6, 6.07) is 5.48. The smallest absolute Gasteiger partial charge is 0.433 e. The van der Waals surface area contributed by atoms with Crippen LogP contribution in [0, 0.1) is 0 Å². The maximum Gasteiger partial charge on any atom is 0.433 e. The van der Waals surface area contributed by atoms with Crippen molar-refractivity contribution in [3.05, 3.63) is 30.0 Å². The Bertz CT molecular complexity index is 815. The molecule has 0 aliphatic heterocycles. The molecular formula is C17H17F3N2O4S. The summed E-state index contributed by atoms with van der Waals surface area (Å²) in [7, 11) is 2.87. The van der Waals surface area contributed by atoms with Crippen molar-refractivity contribution < 1.29 is 32.2 Å². The minimum atomic E-state index is -4.66. The minimum Gasteiger partial charge on any atom is -0.493 e. The maximum absolute atomic E-state index is 13.2. The number of nitrogens with zero attached hydrogens (tertiary/aromatic N) is 2. The molecule has 0 unspecified atom stereocenters. The predicted octanol–water partition coefficient (Wildman–Crippen LogP) is 3.83. The molecule has 10 heteroatoms. The Morgan fingerprint density at radius 2 is 1.81 bits per heavy atom. The van der Waals surface area contributed by atoms with E-state index in [1.54, 1.807) is 19.1 Å². The monoisotopic (exact) mass is 402 g/mol. The van der Waals surface area contributed by atoms with Crippen LogP contribution < -0.4 is 9.47 Å². The van der Waals surface area contributed by atoms with Crippen LogP contribution in [0.15, 0.2) is 29.4 Å². The molecule has 0 bridgehead atoms. The van der Waals surface area contributed by atoms with Crippen molar-refractivity contribution in [3.8, 4) is 22.8 Å². The third kappa shape index (κ3) is 5.49. The molecule has 146 valence electrons. The highest BCUT2D eigenvalue weighted by Crippen LogP contribution is 2.35. The second kappa shape index (κ2) is 8.94. The van der Waals surface area contributed by atoms with Crippen molar-refractivity contribution in [2.24, 2.45) is 0 Å². The summed E-state index contributed by atoms with van der Waals surface area (Å²) < 4.78 is 54.7. The van der Waals surface area contributed by atoms with Crippen LogP contribution in [0.4, 0.5) is 13.2 Å². The first-order valence-corrected chi connectivity index (χ1v) is 8.74. The van der Waals surface area contributed by atoms with E-state index >= 15 is 0 Å². The van der Waals surface area contributed by atoms with Gasteiger partial charge >= 0.3 is 12.1 Å². The number of alkyl halides is 3. The lowest BCUT2D eigenvalue weighted by molar-refractivity contribution is -0.141. The molecule has 2 aromatic rings. The van der Waals surface area contributed by atoms with Crippen molar-refractivity contribution in [2.45, 2.75) is 18.3 Å². The van der Waals surface area contributed by atoms with Gasteiger partial charge in [0.15, 0.2) is 16.7 Å². The summed E-state index contributed by atoms with van der Waals surface area (Å²) in [6.45, 7) is 1.82. The zero-order valence-electron chi connectivity index (χ0n) is 14.8. The summed E-state index contributed by atoms with van der Waals surface area (Å²) in [6.07, 6.45) is -4.66. The molecule has 27 heavy (non-hydrogen) atoms. The lowest BCUT2D eigenvalue weighted by atomic mass is 10.1. The van der Waals surface area contributed by atoms with E-state index in [2.05, 4.69) is 9.97 Å². The average Bonchev–Trinajstić information content (AvgIpc) is 2.65. The molecule has 0 aliphatic carbocycles. The highest BCUT2D eigenvalue weighted by Gasteiger charge is 2.34. The standard InChI is InChI=1S/C17H17F3N2O4S/c1-4-26-15(23)9-27-16-21-11(8-14(22-16)17(18,19)20)10-5-6-12(24-2)13(7-10)25-3/h5-8H,4,9H2,1-3H3. The van der Waals surface area contributed by atoms with Crippen molar-refractivity contribution >= 4 is 17.7 Å². The van der Waals surface area contributed by atoms with Gasteiger partial charge in [-0.2, -0.15) is 13.2 Å². The Labute approximate surface area is 158 Å². The van der Waals surface area contributed by atoms with E-state index in [1.165, 1.54) is 20.3 Å². The highest BCUT2D eigenvalue weighted by molar-refractivity contribution is 7.99. The van der Waals surface area contributed by atoms with Crippen LogP contribution in [0.25, 0.3) is 11.3 Å². The molecule has 0 fully saturated rings. The van der Waals surface area contributed by atoms with Crippen molar-refractivity contribution in [1.82, 2.24) is 9.97 Å². The average molecular weight is 402 g/mol. The number of carbonyl (C=O) groups excluding carboxylic acids is 1. The largest absolute Gasteiger partial charge is 0.493 e. The number of rotatable bonds is 7. The number of methoxy groups -OCH3 is 2. The van der Waals surface area contributed by atoms with Gasteiger partial charge in [0.05, 0.1) is 32.3 Å². The molecule has 0 amide bonds. The Morgan fingerprint density at radius 1 is 1.11 bits per heavy atom. The van der Waals surface area contributed by atoms with Crippen LogP contribution in [0.3, 0.4) is 0 Å². The molecule has 0 saturated heterocycles. The Morgan fingerprint density at radius 3 is 2.41 bits per heavy atom. The van der Waals surface area contributed by atoms with Gasteiger partial charge in [-0.05, 0) is 31.2 Å². The minimum absolute atomic E-state index is 0.0460. The first-order valence-electron chi connectivity index (χ1n) is 7.75. The maximum atomic E-state index is 13.2. The van der Waals surface area contributed by atoms with Crippen LogP contribution in [0.2, 0.25) is 0 Å². The molecule has 0 spiro atoms. The van der Waals surface area contributed by atoms with Crippen molar-refractivity contribution in [2.75, 3.05) is 26.6 Å². The van der Waals surface area contributed by atoms with E-state index in [9.17, 15) is 18.0 Å². The zero-order valence-corrected chi connectivity index (χ0v) is 15.6. The second-order valence-electron chi connectivity index (χ2n) is 5.08. The van der Waals surface area contributed by atoms with Gasteiger partial charge in [-0.25, -0.2) is 9.97 Å². The van der Waals surface area contributed by atoms with E-state index in [1.807, 2.05) is 0 Å². The number of benzene rings is 1. The molecule has 1 aromatic carbocycles. The number of esters is 1. The van der Waals surface area contributed by atoms with Crippen LogP contribution in [0.1, 0.15) is 12.6 Å². The first kappa shape index (κ1) is 20.8. The van der Waals surface area contributed by atoms with Crippen LogP contribution in [-0.2, 0) is 15.7 Å². The lowest BCUT2D eigenvalue weighted by Crippen LogP contribution is -2.11. The van der Waals surface area contributed by atoms with E-state index < -0.39 is 17.8 Å². The van der Waals surface area contributed by atoms with Gasteiger partial charge in [0.25, 0.3) is 0 Å². The van der Waals surface area contributed by atoms with E-state index in [0.717, 1.165) is 17.8 Å². The number of carbonyl (C=O) groups is 1. The summed E-state index contributed by atoms with van der Waals surface area (Å²) >= 11 is 0.772. The number of aromatic nitrogens is 2. The van der Waals surface area contributed by atoms with Gasteiger partial charge < -0.3 is 14.2 Å². The fraction of sp³-hybridized carbons (Fsp3) is 0.353. The third-order valence-electron chi connectivity index (χ3n) is 3.30. The highest BCUT2D eigenvalue weighted by atomic mass is 32.2. The van der Waals surface area contributed by atoms with E-state index in [-0.39, 0.29) is 23.2 Å². The topological polar surface area (TPSA) is 70.5 Å². The van der Waals surface area contributed by atoms with Crippen molar-refractivity contribution in [1.29, 1.82) is 0 Å². The van der Waals surface area contributed by atoms with Gasteiger partial charge in [0, 0.05) is 5.56 Å². The van der Waals surface area contributed by atoms with Gasteiger partial charge in [0.1, 0.15) is 5.69 Å². The second-order valence-corrected chi connectivity index (χ2v) is 6.02. The molecule has 6 nitrogen and oxygen atoms in total. The van der Waals surface area contributed by atoms with Gasteiger partial charge in [-0.15, -0.1) is 0 Å². The molecular weight excluding hydrogens is 385 g/mol. The molecule has 1 heterocycles. The van der Waals surface area contributed by atoms with Gasteiger partial charge in [-0.1, -0.05) is 11.8 Å². The summed E-state index contributed by atoms with van der Waals surface area (Å²) in [5.74, 6) is 0.0305. The lowest BCUT2D eigenvalue weighted by Gasteiger charge is -2.12. The van der Waals surface area contributed by atoms with E-state index in [4.69, 9.17) is 14.2 Å². The molecule has 0 saturated carbocycles. The number of hydrogen-bond donors (Lipinski definition) is 0. The molecule has 0 atom stereocenters. The Kier molecular flexibility index (Phi) is 6.89. The van der Waals surface area contributed by atoms with Crippen LogP contribution in [0.5, 0.6) is 11.5 Å². The third-order valence-corrected chi connectivity index (χ3v) is 4.12. The normalized spacial score (nSPS) is 11.2. The molecule has 1 aromatic heterocycles. The SMILES string of the molecule is CCOC(=O)CSc1nc(-c2ccc(OC)c(OC)c2)cc(C(F)(F)F)n1. The summed E-state index contributed by atoms with van der Waals surface area (Å²) in [4.78, 5) is 19.1. The summed E-state index contributed by atoms with van der Waals surface area (Å²) in [5, 5.41) is -0.178. The molecule has 2 rings (SSSR count). The summed E-state index contributed by atoms with van der Waals surface area (Å²) in [5.41, 5.74) is -0.670. The number of halogens is 3. The van der Waals surface area contributed by atoms with Crippen LogP contribution >= 0.6 is 11.8 Å². The first-order chi connectivity index (χ1) is 12.8.